The predicted molar refractivity (Wildman–Crippen MR) is 104 cm³/mol. The van der Waals surface area contributed by atoms with Crippen molar-refractivity contribution in [1.82, 2.24) is 9.21 Å². The largest absolute Gasteiger partial charge is 0.384 e. The van der Waals surface area contributed by atoms with Gasteiger partial charge in [-0.25, -0.2) is 8.42 Å². The van der Waals surface area contributed by atoms with Crippen LogP contribution in [-0.2, 0) is 19.6 Å². The molecule has 2 aliphatic rings. The summed E-state index contributed by atoms with van der Waals surface area (Å²) in [6, 6.07) is 5.56. The summed E-state index contributed by atoms with van der Waals surface area (Å²) in [5, 5.41) is 0. The van der Waals surface area contributed by atoms with Crippen molar-refractivity contribution >= 4 is 15.9 Å². The molecule has 1 aromatic carbocycles. The molecule has 0 N–H and O–H groups in total. The second-order valence-electron chi connectivity index (χ2n) is 8.09. The second-order valence-corrected chi connectivity index (χ2v) is 9.99. The van der Waals surface area contributed by atoms with Crippen LogP contribution < -0.4 is 0 Å². The summed E-state index contributed by atoms with van der Waals surface area (Å²) in [6.07, 6.45) is 1.52. The first-order valence-corrected chi connectivity index (χ1v) is 11.0. The van der Waals surface area contributed by atoms with Gasteiger partial charge in [-0.2, -0.15) is 4.31 Å². The third-order valence-electron chi connectivity index (χ3n) is 6.31. The maximum Gasteiger partial charge on any atom is 0.243 e. The molecule has 1 atom stereocenters. The SMILES string of the molecule is COCC1CN(C(C)=O)CC12CCN(S(=O)(=O)c1cc(C)ccc1C)CC2. The Balaban J connectivity index is 1.79. The van der Waals surface area contributed by atoms with Crippen LogP contribution in [0.15, 0.2) is 23.1 Å². The molecular weight excluding hydrogens is 364 g/mol. The average Bonchev–Trinajstić information content (AvgIpc) is 2.96. The van der Waals surface area contributed by atoms with Crippen LogP contribution in [0.2, 0.25) is 0 Å². The summed E-state index contributed by atoms with van der Waals surface area (Å²) in [6.45, 7) is 8.34. The molecule has 2 aliphatic heterocycles. The zero-order valence-corrected chi connectivity index (χ0v) is 17.5. The van der Waals surface area contributed by atoms with Crippen molar-refractivity contribution in [2.24, 2.45) is 11.3 Å². The smallest absolute Gasteiger partial charge is 0.243 e. The number of amides is 1. The Hall–Kier alpha value is -1.44. The fourth-order valence-electron chi connectivity index (χ4n) is 4.57. The lowest BCUT2D eigenvalue weighted by Crippen LogP contribution is -2.47. The highest BCUT2D eigenvalue weighted by Gasteiger charge is 2.49. The molecule has 1 aromatic rings. The predicted octanol–water partition coefficient (Wildman–Crippen LogP) is 2.20. The van der Waals surface area contributed by atoms with E-state index in [9.17, 15) is 13.2 Å². The van der Waals surface area contributed by atoms with Crippen molar-refractivity contribution in [2.75, 3.05) is 39.9 Å². The van der Waals surface area contributed by atoms with Crippen LogP contribution >= 0.6 is 0 Å². The summed E-state index contributed by atoms with van der Waals surface area (Å²) in [7, 11) is -1.81. The monoisotopic (exact) mass is 394 g/mol. The Kier molecular flexibility index (Phi) is 5.66. The number of benzene rings is 1. The van der Waals surface area contributed by atoms with Crippen molar-refractivity contribution in [2.45, 2.75) is 38.5 Å². The molecule has 1 amide bonds. The van der Waals surface area contributed by atoms with Gasteiger partial charge in [0.15, 0.2) is 0 Å². The van der Waals surface area contributed by atoms with Crippen LogP contribution in [0, 0.1) is 25.2 Å². The summed E-state index contributed by atoms with van der Waals surface area (Å²) in [5.74, 6) is 0.343. The Morgan fingerprint density at radius 2 is 1.93 bits per heavy atom. The lowest BCUT2D eigenvalue weighted by Gasteiger charge is -2.41. The van der Waals surface area contributed by atoms with Gasteiger partial charge in [-0.05, 0) is 49.3 Å². The van der Waals surface area contributed by atoms with Crippen LogP contribution in [0.3, 0.4) is 0 Å². The fraction of sp³-hybridized carbons (Fsp3) is 0.650. The minimum absolute atomic E-state index is 0.0463. The van der Waals surface area contributed by atoms with Crippen LogP contribution in [0.25, 0.3) is 0 Å². The first-order valence-electron chi connectivity index (χ1n) is 9.51. The first kappa shape index (κ1) is 20.3. The van der Waals surface area contributed by atoms with E-state index in [0.29, 0.717) is 37.7 Å². The van der Waals surface area contributed by atoms with Gasteiger partial charge in [-0.15, -0.1) is 0 Å². The Labute approximate surface area is 162 Å². The number of likely N-dealkylation sites (tertiary alicyclic amines) is 1. The van der Waals surface area contributed by atoms with E-state index in [1.165, 1.54) is 0 Å². The molecule has 3 rings (SSSR count). The molecule has 0 bridgehead atoms. The Bertz CT molecular complexity index is 813. The molecule has 0 radical (unpaired) electrons. The normalized spacial score (nSPS) is 23.1. The number of methoxy groups -OCH3 is 1. The van der Waals surface area contributed by atoms with Crippen LogP contribution in [0.5, 0.6) is 0 Å². The topological polar surface area (TPSA) is 66.9 Å². The van der Waals surface area contributed by atoms with Crippen molar-refractivity contribution in [3.8, 4) is 0 Å². The third kappa shape index (κ3) is 3.77. The van der Waals surface area contributed by atoms with Gasteiger partial charge in [-0.3, -0.25) is 4.79 Å². The summed E-state index contributed by atoms with van der Waals surface area (Å²) >= 11 is 0. The van der Waals surface area contributed by atoms with E-state index in [4.69, 9.17) is 4.74 Å². The number of hydrogen-bond donors (Lipinski definition) is 0. The molecule has 2 saturated heterocycles. The molecular formula is C20H30N2O4S. The maximum atomic E-state index is 13.2. The molecule has 0 aromatic heterocycles. The lowest BCUT2D eigenvalue weighted by molar-refractivity contribution is -0.128. The molecule has 2 heterocycles. The molecule has 6 nitrogen and oxygen atoms in total. The number of rotatable bonds is 4. The zero-order chi connectivity index (χ0) is 19.8. The van der Waals surface area contributed by atoms with E-state index < -0.39 is 10.0 Å². The maximum absolute atomic E-state index is 13.2. The third-order valence-corrected chi connectivity index (χ3v) is 8.35. The number of nitrogens with zero attached hydrogens (tertiary/aromatic N) is 2. The quantitative estimate of drug-likeness (QED) is 0.785. The van der Waals surface area contributed by atoms with Crippen LogP contribution in [0.1, 0.15) is 30.9 Å². The molecule has 0 aliphatic carbocycles. The highest BCUT2D eigenvalue weighted by Crippen LogP contribution is 2.45. The zero-order valence-electron chi connectivity index (χ0n) is 16.7. The summed E-state index contributed by atoms with van der Waals surface area (Å²) in [4.78, 5) is 14.2. The molecule has 150 valence electrons. The van der Waals surface area contributed by atoms with Crippen molar-refractivity contribution in [3.05, 3.63) is 29.3 Å². The first-order chi connectivity index (χ1) is 12.7. The molecule has 27 heavy (non-hydrogen) atoms. The van der Waals surface area contributed by atoms with Gasteiger partial charge in [-0.1, -0.05) is 12.1 Å². The van der Waals surface area contributed by atoms with E-state index in [0.717, 1.165) is 24.0 Å². The highest BCUT2D eigenvalue weighted by atomic mass is 32.2. The minimum Gasteiger partial charge on any atom is -0.384 e. The van der Waals surface area contributed by atoms with Gasteiger partial charge in [0.05, 0.1) is 11.5 Å². The number of piperidine rings is 1. The average molecular weight is 395 g/mol. The van der Waals surface area contributed by atoms with Gasteiger partial charge < -0.3 is 9.64 Å². The van der Waals surface area contributed by atoms with Gasteiger partial charge in [0.25, 0.3) is 0 Å². The van der Waals surface area contributed by atoms with Gasteiger partial charge in [0.1, 0.15) is 0 Å². The number of carbonyl (C=O) groups is 1. The number of carbonyl (C=O) groups excluding carboxylic acids is 1. The number of sulfonamides is 1. The van der Waals surface area contributed by atoms with Crippen molar-refractivity contribution in [1.29, 1.82) is 0 Å². The van der Waals surface area contributed by atoms with Gasteiger partial charge in [0, 0.05) is 46.1 Å². The van der Waals surface area contributed by atoms with Crippen LogP contribution in [-0.4, -0.2) is 63.4 Å². The van der Waals surface area contributed by atoms with E-state index >= 15 is 0 Å². The van der Waals surface area contributed by atoms with Crippen LogP contribution in [0.4, 0.5) is 0 Å². The van der Waals surface area contributed by atoms with Gasteiger partial charge in [0.2, 0.25) is 15.9 Å². The minimum atomic E-state index is -3.50. The van der Waals surface area contributed by atoms with Crippen molar-refractivity contribution < 1.29 is 17.9 Å². The number of hydrogen-bond acceptors (Lipinski definition) is 4. The molecule has 2 fully saturated rings. The van der Waals surface area contributed by atoms with E-state index in [2.05, 4.69) is 0 Å². The Morgan fingerprint density at radius 3 is 2.52 bits per heavy atom. The molecule has 7 heteroatoms. The number of ether oxygens (including phenoxy) is 1. The second kappa shape index (κ2) is 7.53. The fourth-order valence-corrected chi connectivity index (χ4v) is 6.32. The molecule has 1 spiro atoms. The van der Waals surface area contributed by atoms with E-state index in [1.807, 2.05) is 30.9 Å². The van der Waals surface area contributed by atoms with E-state index in [1.54, 1.807) is 24.4 Å². The Morgan fingerprint density at radius 1 is 1.26 bits per heavy atom. The summed E-state index contributed by atoms with van der Waals surface area (Å²) < 4.78 is 33.4. The highest BCUT2D eigenvalue weighted by molar-refractivity contribution is 7.89. The van der Waals surface area contributed by atoms with Gasteiger partial charge >= 0.3 is 0 Å². The standard InChI is InChI=1S/C20H30N2O4S/c1-15-5-6-16(2)19(11-15)27(24,25)22-9-7-20(8-10-22)14-21(17(3)23)12-18(20)13-26-4/h5-6,11,18H,7-10,12-14H2,1-4H3. The number of aryl methyl sites for hydroxylation is 2. The van der Waals surface area contributed by atoms with E-state index in [-0.39, 0.29) is 17.2 Å². The van der Waals surface area contributed by atoms with Crippen molar-refractivity contribution in [3.63, 3.8) is 0 Å². The lowest BCUT2D eigenvalue weighted by atomic mass is 9.71. The molecule has 1 unspecified atom stereocenters. The summed E-state index contributed by atoms with van der Waals surface area (Å²) in [5.41, 5.74) is 1.68. The molecule has 0 saturated carbocycles.